The number of carbonyl (C=O) groups excluding carboxylic acids is 1. The standard InChI is InChI=1S/C20H24N8O2/c1-14-12-18(22-15-4-6-16(30-3)7-5-15)23-20(21-14)28-10-8-27(9-11-28)19(29)17-13-26(2)25-24-17/h4-7,12-13H,8-11H2,1-3H3,(H,21,22,23). The zero-order chi connectivity index (χ0) is 21.1. The Morgan fingerprint density at radius 1 is 1.10 bits per heavy atom. The molecule has 156 valence electrons. The van der Waals surface area contributed by atoms with Crippen molar-refractivity contribution in [1.82, 2.24) is 29.9 Å². The second-order valence-corrected chi connectivity index (χ2v) is 7.10. The highest BCUT2D eigenvalue weighted by Crippen LogP contribution is 2.21. The van der Waals surface area contributed by atoms with Gasteiger partial charge in [0.2, 0.25) is 5.95 Å². The van der Waals surface area contributed by atoms with Gasteiger partial charge in [-0.25, -0.2) is 4.98 Å². The highest BCUT2D eigenvalue weighted by atomic mass is 16.5. The van der Waals surface area contributed by atoms with Crippen molar-refractivity contribution in [2.75, 3.05) is 43.5 Å². The molecule has 1 fully saturated rings. The number of nitrogens with one attached hydrogen (secondary N) is 1. The van der Waals surface area contributed by atoms with E-state index in [4.69, 9.17) is 4.74 Å². The molecule has 0 bridgehead atoms. The van der Waals surface area contributed by atoms with Crippen LogP contribution in [-0.2, 0) is 7.05 Å². The van der Waals surface area contributed by atoms with Gasteiger partial charge in [0.1, 0.15) is 11.6 Å². The number of anilines is 3. The van der Waals surface area contributed by atoms with Gasteiger partial charge in [0.05, 0.1) is 13.3 Å². The number of benzene rings is 1. The molecule has 0 spiro atoms. The first-order valence-electron chi connectivity index (χ1n) is 9.69. The monoisotopic (exact) mass is 408 g/mol. The van der Waals surface area contributed by atoms with E-state index in [-0.39, 0.29) is 5.91 Å². The largest absolute Gasteiger partial charge is 0.497 e. The van der Waals surface area contributed by atoms with E-state index in [1.807, 2.05) is 37.3 Å². The van der Waals surface area contributed by atoms with Crippen molar-refractivity contribution in [2.45, 2.75) is 6.92 Å². The maximum absolute atomic E-state index is 12.6. The number of amides is 1. The summed E-state index contributed by atoms with van der Waals surface area (Å²) in [6.45, 7) is 4.40. The van der Waals surface area contributed by atoms with Gasteiger partial charge in [0.25, 0.3) is 5.91 Å². The van der Waals surface area contributed by atoms with Crippen LogP contribution in [0.25, 0.3) is 0 Å². The van der Waals surface area contributed by atoms with E-state index in [1.165, 1.54) is 4.68 Å². The lowest BCUT2D eigenvalue weighted by molar-refractivity contribution is 0.0740. The van der Waals surface area contributed by atoms with Crippen LogP contribution < -0.4 is 15.0 Å². The normalized spacial score (nSPS) is 14.0. The Hall–Kier alpha value is -3.69. The Balaban J connectivity index is 1.42. The molecule has 3 aromatic rings. The van der Waals surface area contributed by atoms with Crippen molar-refractivity contribution in [2.24, 2.45) is 7.05 Å². The fourth-order valence-corrected chi connectivity index (χ4v) is 3.30. The van der Waals surface area contributed by atoms with Crippen LogP contribution in [0.5, 0.6) is 5.75 Å². The van der Waals surface area contributed by atoms with E-state index in [2.05, 4.69) is 30.5 Å². The number of hydrogen-bond donors (Lipinski definition) is 1. The number of rotatable bonds is 5. The van der Waals surface area contributed by atoms with Gasteiger partial charge in [-0.1, -0.05) is 5.21 Å². The lowest BCUT2D eigenvalue weighted by Gasteiger charge is -2.34. The summed E-state index contributed by atoms with van der Waals surface area (Å²) >= 11 is 0. The number of nitrogens with zero attached hydrogens (tertiary/aromatic N) is 7. The maximum atomic E-state index is 12.6. The lowest BCUT2D eigenvalue weighted by Crippen LogP contribution is -2.49. The van der Waals surface area contributed by atoms with E-state index in [1.54, 1.807) is 25.3 Å². The summed E-state index contributed by atoms with van der Waals surface area (Å²) in [6, 6.07) is 9.57. The van der Waals surface area contributed by atoms with Gasteiger partial charge in [0, 0.05) is 50.7 Å². The predicted molar refractivity (Wildman–Crippen MR) is 112 cm³/mol. The summed E-state index contributed by atoms with van der Waals surface area (Å²) in [5.74, 6) is 2.07. The minimum absolute atomic E-state index is 0.102. The van der Waals surface area contributed by atoms with Gasteiger partial charge in [-0.2, -0.15) is 4.98 Å². The highest BCUT2D eigenvalue weighted by molar-refractivity contribution is 5.92. The molecular weight excluding hydrogens is 384 g/mol. The van der Waals surface area contributed by atoms with Gasteiger partial charge in [-0.05, 0) is 31.2 Å². The molecule has 0 radical (unpaired) electrons. The molecule has 1 N–H and O–H groups in total. The molecule has 30 heavy (non-hydrogen) atoms. The second-order valence-electron chi connectivity index (χ2n) is 7.10. The second kappa shape index (κ2) is 8.36. The topological polar surface area (TPSA) is 101 Å². The van der Waals surface area contributed by atoms with Crippen LogP contribution in [0.15, 0.2) is 36.5 Å². The average molecular weight is 408 g/mol. The molecule has 0 unspecified atom stereocenters. The molecule has 0 aliphatic carbocycles. The number of aromatic nitrogens is 5. The SMILES string of the molecule is COc1ccc(Nc2cc(C)nc(N3CCN(C(=O)c4cn(C)nn4)CC3)n2)cc1. The summed E-state index contributed by atoms with van der Waals surface area (Å²) < 4.78 is 6.72. The van der Waals surface area contributed by atoms with E-state index >= 15 is 0 Å². The fourth-order valence-electron chi connectivity index (χ4n) is 3.30. The van der Waals surface area contributed by atoms with Crippen LogP contribution in [0.1, 0.15) is 16.2 Å². The van der Waals surface area contributed by atoms with Crippen LogP contribution in [0.3, 0.4) is 0 Å². The summed E-state index contributed by atoms with van der Waals surface area (Å²) in [6.07, 6.45) is 1.63. The number of carbonyl (C=O) groups is 1. The Kier molecular flexibility index (Phi) is 5.46. The minimum Gasteiger partial charge on any atom is -0.497 e. The Morgan fingerprint density at radius 2 is 1.83 bits per heavy atom. The average Bonchev–Trinajstić information content (AvgIpc) is 3.20. The van der Waals surface area contributed by atoms with Gasteiger partial charge >= 0.3 is 0 Å². The van der Waals surface area contributed by atoms with E-state index in [9.17, 15) is 4.79 Å². The third-order valence-electron chi connectivity index (χ3n) is 4.88. The van der Waals surface area contributed by atoms with E-state index < -0.39 is 0 Å². The predicted octanol–water partition coefficient (Wildman–Crippen LogP) is 1.63. The molecule has 4 rings (SSSR count). The van der Waals surface area contributed by atoms with E-state index in [0.29, 0.717) is 37.8 Å². The summed E-state index contributed by atoms with van der Waals surface area (Å²) in [5.41, 5.74) is 2.15. The molecular formula is C20H24N8O2. The molecule has 2 aromatic heterocycles. The van der Waals surface area contributed by atoms with Gasteiger partial charge in [-0.15, -0.1) is 5.10 Å². The van der Waals surface area contributed by atoms with Crippen molar-refractivity contribution in [3.63, 3.8) is 0 Å². The minimum atomic E-state index is -0.102. The van der Waals surface area contributed by atoms with Crippen molar-refractivity contribution >= 4 is 23.4 Å². The van der Waals surface area contributed by atoms with Crippen molar-refractivity contribution in [1.29, 1.82) is 0 Å². The molecule has 10 heteroatoms. The molecule has 10 nitrogen and oxygen atoms in total. The van der Waals surface area contributed by atoms with Crippen LogP contribution >= 0.6 is 0 Å². The summed E-state index contributed by atoms with van der Waals surface area (Å²) in [4.78, 5) is 25.7. The molecule has 1 amide bonds. The number of aryl methyl sites for hydroxylation is 2. The first-order chi connectivity index (χ1) is 14.5. The zero-order valence-electron chi connectivity index (χ0n) is 17.2. The molecule has 3 heterocycles. The van der Waals surface area contributed by atoms with E-state index in [0.717, 1.165) is 22.9 Å². The number of hydrogen-bond acceptors (Lipinski definition) is 8. The number of piperazine rings is 1. The molecule has 0 atom stereocenters. The van der Waals surface area contributed by atoms with Crippen LogP contribution in [-0.4, -0.2) is 69.1 Å². The van der Waals surface area contributed by atoms with Crippen molar-refractivity contribution in [3.8, 4) is 5.75 Å². The van der Waals surface area contributed by atoms with Crippen LogP contribution in [0, 0.1) is 6.92 Å². The molecule has 1 aromatic carbocycles. The van der Waals surface area contributed by atoms with Gasteiger partial charge in [0.15, 0.2) is 5.69 Å². The smallest absolute Gasteiger partial charge is 0.276 e. The Morgan fingerprint density at radius 3 is 2.47 bits per heavy atom. The molecule has 1 aliphatic heterocycles. The molecule has 1 aliphatic rings. The quantitative estimate of drug-likeness (QED) is 0.680. The fraction of sp³-hybridized carbons (Fsp3) is 0.350. The number of ether oxygens (including phenoxy) is 1. The molecule has 0 saturated carbocycles. The summed E-state index contributed by atoms with van der Waals surface area (Å²) in [7, 11) is 3.39. The first-order valence-corrected chi connectivity index (χ1v) is 9.69. The zero-order valence-corrected chi connectivity index (χ0v) is 17.2. The summed E-state index contributed by atoms with van der Waals surface area (Å²) in [5, 5.41) is 11.1. The number of methoxy groups -OCH3 is 1. The molecule has 1 saturated heterocycles. The lowest BCUT2D eigenvalue weighted by atomic mass is 10.3. The van der Waals surface area contributed by atoms with Gasteiger partial charge < -0.3 is 19.9 Å². The van der Waals surface area contributed by atoms with Crippen LogP contribution in [0.2, 0.25) is 0 Å². The maximum Gasteiger partial charge on any atom is 0.276 e. The highest BCUT2D eigenvalue weighted by Gasteiger charge is 2.25. The third kappa shape index (κ3) is 4.32. The first kappa shape index (κ1) is 19.6. The van der Waals surface area contributed by atoms with Crippen molar-refractivity contribution in [3.05, 3.63) is 47.9 Å². The third-order valence-corrected chi connectivity index (χ3v) is 4.88. The van der Waals surface area contributed by atoms with Crippen molar-refractivity contribution < 1.29 is 9.53 Å². The Bertz CT molecular complexity index is 1030. The van der Waals surface area contributed by atoms with Crippen LogP contribution in [0.4, 0.5) is 17.5 Å². The van der Waals surface area contributed by atoms with Gasteiger partial charge in [-0.3, -0.25) is 9.48 Å². The Labute approximate surface area is 174 Å².